The highest BCUT2D eigenvalue weighted by Crippen LogP contribution is 2.43. The Labute approximate surface area is 531 Å². The van der Waals surface area contributed by atoms with Gasteiger partial charge in [-0.25, -0.2) is 0 Å². The molecule has 22 nitrogen and oxygen atoms in total. The minimum absolute atomic E-state index is 0.00882. The van der Waals surface area contributed by atoms with Gasteiger partial charge in [-0.3, -0.25) is 52.7 Å². The van der Waals surface area contributed by atoms with Crippen LogP contribution < -0.4 is 21.3 Å². The van der Waals surface area contributed by atoms with Crippen LogP contribution in [0.2, 0.25) is 0 Å². The fraction of sp³-hybridized carbons (Fsp3) is 0.825. The second-order valence-electron chi connectivity index (χ2n) is 27.4. The third-order valence-corrected chi connectivity index (χ3v) is 19.4. The lowest BCUT2D eigenvalue weighted by molar-refractivity contribution is -0.182. The molecule has 0 aromatic heterocycles. The molecule has 0 aromatic carbocycles. The standard InChI is InChI=1S/C63H107ClF3N11O11/c1-19-39(7)54-60(88)74(14)34-52(81)72(12)35-53(82)77(17)49(32-43-22-20-38(6)21-23-43)59(87)73(13)33-50(79)68-46(27-25-42-24-26-44(45(64)31-42)63(65,66)67)56(84)69-48(29-37(4)5)58(86)78(18)62(10,11)61(89)70-47(28-36(2)3)57(85)75(15)40(8)30-51(80)76(16)41(9)55(83)71-54/h36-49,54H,19-35H2,1-18H3,(H,68,79)(H,69,84)(H,70,89)(H,71,83)/t38?,39-,40+,41-,42?,43?,44?,45?,46-,47-,48-,49-,54-/m0/s1. The number of halogens is 4. The van der Waals surface area contributed by atoms with Crippen LogP contribution in [0.25, 0.3) is 0 Å². The van der Waals surface area contributed by atoms with Crippen molar-refractivity contribution in [1.29, 1.82) is 0 Å². The molecule has 26 heteroatoms. The van der Waals surface area contributed by atoms with Crippen molar-refractivity contribution in [2.75, 3.05) is 69.0 Å². The topological polar surface area (TPSA) is 259 Å². The summed E-state index contributed by atoms with van der Waals surface area (Å²) in [5, 5.41) is 9.94. The molecule has 3 fully saturated rings. The summed E-state index contributed by atoms with van der Waals surface area (Å²) in [5.74, 6) is -9.59. The molecule has 11 atom stereocenters. The summed E-state index contributed by atoms with van der Waals surface area (Å²) in [7, 11) is 9.87. The molecular weight excluding hydrogens is 1180 g/mol. The molecular formula is C63H107ClF3N11O11. The van der Waals surface area contributed by atoms with E-state index in [0.29, 0.717) is 12.3 Å². The molecule has 3 unspecified atom stereocenters. The van der Waals surface area contributed by atoms with Crippen molar-refractivity contribution in [2.24, 2.45) is 41.4 Å². The van der Waals surface area contributed by atoms with Gasteiger partial charge in [-0.1, -0.05) is 80.6 Å². The quantitative estimate of drug-likeness (QED) is 0.196. The predicted octanol–water partition coefficient (Wildman–Crippen LogP) is 5.18. The van der Waals surface area contributed by atoms with Crippen LogP contribution in [0.15, 0.2) is 0 Å². The second kappa shape index (κ2) is 34.1. The summed E-state index contributed by atoms with van der Waals surface area (Å²) in [6.45, 7) is 17.5. The average molecular weight is 1290 g/mol. The normalized spacial score (nSPS) is 30.2. The molecule has 0 spiro atoms. The number of hydrogen-bond donors (Lipinski definition) is 4. The Morgan fingerprint density at radius 3 is 1.65 bits per heavy atom. The third kappa shape index (κ3) is 22.3. The van der Waals surface area contributed by atoms with Gasteiger partial charge in [0, 0.05) is 67.2 Å². The lowest BCUT2D eigenvalue weighted by Gasteiger charge is -2.39. The van der Waals surface area contributed by atoms with E-state index in [9.17, 15) is 65.9 Å². The van der Waals surface area contributed by atoms with Crippen LogP contribution >= 0.6 is 11.6 Å². The van der Waals surface area contributed by atoms with Crippen LogP contribution in [-0.4, -0.2) is 228 Å². The SMILES string of the molecule is CC[C@H](C)[C@@H]1NC(=O)[C@H](C)N(C)C(=O)C[C@@H](C)N(C)C(=O)[C@H](CC(C)C)NC(=O)C(C)(C)N(C)C(=O)[C@H](CC(C)C)NC(=O)[C@H](CCC2CCC(C(F)(F)F)C(Cl)C2)NC(=O)CN(C)C(=O)[C@H](CC2CCC(C)CC2)N(C)C(=O)CN(C)C(=O)CN(C)C1=O. The lowest BCUT2D eigenvalue weighted by Crippen LogP contribution is -2.63. The maximum Gasteiger partial charge on any atom is 0.393 e. The van der Waals surface area contributed by atoms with E-state index in [4.69, 9.17) is 11.6 Å². The van der Waals surface area contributed by atoms with Crippen molar-refractivity contribution in [2.45, 2.75) is 225 Å². The van der Waals surface area contributed by atoms with E-state index in [2.05, 4.69) is 28.2 Å². The van der Waals surface area contributed by atoms with Gasteiger partial charge in [0.15, 0.2) is 0 Å². The van der Waals surface area contributed by atoms with Gasteiger partial charge in [0.05, 0.1) is 25.6 Å². The fourth-order valence-corrected chi connectivity index (χ4v) is 12.3. The molecule has 4 N–H and O–H groups in total. The summed E-state index contributed by atoms with van der Waals surface area (Å²) in [4.78, 5) is 166. The van der Waals surface area contributed by atoms with Gasteiger partial charge in [-0.05, 0) is 115 Å². The fourth-order valence-electron chi connectivity index (χ4n) is 11.8. The predicted molar refractivity (Wildman–Crippen MR) is 333 cm³/mol. The van der Waals surface area contributed by atoms with Crippen molar-refractivity contribution in [3.8, 4) is 0 Å². The maximum absolute atomic E-state index is 14.8. The molecule has 1 heterocycles. The number of nitrogens with one attached hydrogen (secondary N) is 4. The lowest BCUT2D eigenvalue weighted by atomic mass is 9.78. The number of alkyl halides is 4. The molecule has 0 bridgehead atoms. The van der Waals surface area contributed by atoms with Gasteiger partial charge in [0.25, 0.3) is 0 Å². The largest absolute Gasteiger partial charge is 0.393 e. The molecule has 3 rings (SSSR count). The zero-order valence-corrected chi connectivity index (χ0v) is 57.1. The number of carbonyl (C=O) groups is 11. The first kappa shape index (κ1) is 77.5. The second-order valence-corrected chi connectivity index (χ2v) is 28.0. The molecule has 11 amide bonds. The highest BCUT2D eigenvalue weighted by Gasteiger charge is 2.47. The van der Waals surface area contributed by atoms with Crippen molar-refractivity contribution in [3.63, 3.8) is 0 Å². The molecule has 3 aliphatic rings. The highest BCUT2D eigenvalue weighted by molar-refractivity contribution is 6.20. The molecule has 2 aliphatic carbocycles. The summed E-state index contributed by atoms with van der Waals surface area (Å²) in [5.41, 5.74) is -1.67. The molecule has 89 heavy (non-hydrogen) atoms. The van der Waals surface area contributed by atoms with Gasteiger partial charge in [0.2, 0.25) is 65.0 Å². The smallest absolute Gasteiger partial charge is 0.343 e. The van der Waals surface area contributed by atoms with Gasteiger partial charge < -0.3 is 55.6 Å². The van der Waals surface area contributed by atoms with Crippen LogP contribution in [0.3, 0.4) is 0 Å². The number of rotatable bonds is 11. The highest BCUT2D eigenvalue weighted by atomic mass is 35.5. The summed E-state index contributed by atoms with van der Waals surface area (Å²) >= 11 is 6.33. The minimum atomic E-state index is -4.50. The van der Waals surface area contributed by atoms with E-state index in [1.165, 1.54) is 84.8 Å². The van der Waals surface area contributed by atoms with E-state index in [-0.39, 0.29) is 81.5 Å². The van der Waals surface area contributed by atoms with Crippen LogP contribution in [0.5, 0.6) is 0 Å². The van der Waals surface area contributed by atoms with Crippen molar-refractivity contribution >= 4 is 76.6 Å². The zero-order valence-electron chi connectivity index (χ0n) is 56.3. The molecule has 1 aliphatic heterocycles. The van der Waals surface area contributed by atoms with E-state index in [1.807, 2.05) is 34.6 Å². The van der Waals surface area contributed by atoms with Gasteiger partial charge in [-0.2, -0.15) is 13.2 Å². The Hall–Kier alpha value is -5.75. The molecule has 508 valence electrons. The minimum Gasteiger partial charge on any atom is -0.343 e. The average Bonchev–Trinajstić information content (AvgIpc) is 1.22. The van der Waals surface area contributed by atoms with E-state index < -0.39 is 156 Å². The number of hydrogen-bond acceptors (Lipinski definition) is 11. The first-order valence-electron chi connectivity index (χ1n) is 31.9. The Morgan fingerprint density at radius 2 is 1.11 bits per heavy atom. The monoisotopic (exact) mass is 1290 g/mol. The number of nitrogens with zero attached hydrogens (tertiary/aromatic N) is 7. The molecule has 0 radical (unpaired) electrons. The number of carbonyl (C=O) groups excluding carboxylic acids is 11. The van der Waals surface area contributed by atoms with E-state index >= 15 is 0 Å². The van der Waals surface area contributed by atoms with Gasteiger partial charge >= 0.3 is 6.18 Å². The Bertz CT molecular complexity index is 2480. The van der Waals surface area contributed by atoms with Crippen LogP contribution in [0.4, 0.5) is 13.2 Å². The van der Waals surface area contributed by atoms with Crippen molar-refractivity contribution < 1.29 is 65.9 Å². The maximum atomic E-state index is 14.8. The van der Waals surface area contributed by atoms with Crippen molar-refractivity contribution in [3.05, 3.63) is 0 Å². The Balaban J connectivity index is 2.16. The molecule has 2 saturated carbocycles. The number of amides is 11. The zero-order chi connectivity index (χ0) is 67.9. The number of likely N-dealkylation sites (N-methyl/N-ethyl adjacent to an activating group) is 7. The van der Waals surface area contributed by atoms with Crippen LogP contribution in [0, 0.1) is 41.4 Å². The summed E-state index contributed by atoms with van der Waals surface area (Å²) in [6.07, 6.45) is -0.558. The van der Waals surface area contributed by atoms with Gasteiger partial charge in [0.1, 0.15) is 41.8 Å². The summed E-state index contributed by atoms with van der Waals surface area (Å²) in [6, 6.07) is -7.93. The third-order valence-electron chi connectivity index (χ3n) is 18.9. The Morgan fingerprint density at radius 1 is 0.573 bits per heavy atom. The van der Waals surface area contributed by atoms with Crippen LogP contribution in [0.1, 0.15) is 166 Å². The first-order valence-corrected chi connectivity index (χ1v) is 32.3. The first-order chi connectivity index (χ1) is 41.1. The van der Waals surface area contributed by atoms with E-state index in [1.54, 1.807) is 13.8 Å². The molecule has 0 aromatic rings. The molecule has 1 saturated heterocycles. The van der Waals surface area contributed by atoms with E-state index in [0.717, 1.165) is 45.3 Å². The van der Waals surface area contributed by atoms with Gasteiger partial charge in [-0.15, -0.1) is 11.6 Å². The summed E-state index contributed by atoms with van der Waals surface area (Å²) < 4.78 is 41.6. The van der Waals surface area contributed by atoms with Crippen LogP contribution in [-0.2, 0) is 52.7 Å². The van der Waals surface area contributed by atoms with Crippen molar-refractivity contribution in [1.82, 2.24) is 55.6 Å². The Kier molecular flexibility index (Phi) is 29.7.